The van der Waals surface area contributed by atoms with Gasteiger partial charge in [-0.05, 0) is 0 Å². The maximum absolute atomic E-state index is 2.43. The maximum Gasteiger partial charge on any atom is -0.0564 e. The van der Waals surface area contributed by atoms with Gasteiger partial charge < -0.3 is 0 Å². The average Bonchev–Trinajstić information content (AvgIpc) is 3.15. The summed E-state index contributed by atoms with van der Waals surface area (Å²) in [5, 5.41) is 0. The number of hydrogen-bond acceptors (Lipinski definition) is 0. The zero-order valence-electron chi connectivity index (χ0n) is 18.7. The van der Waals surface area contributed by atoms with Crippen LogP contribution in [0.25, 0.3) is 11.1 Å². The molecule has 0 aliphatic heterocycles. The van der Waals surface area contributed by atoms with E-state index < -0.39 is 23.2 Å². The topological polar surface area (TPSA) is 0 Å². The van der Waals surface area contributed by atoms with Crippen LogP contribution >= 0.6 is 0 Å². The summed E-state index contributed by atoms with van der Waals surface area (Å²) in [6, 6.07) is 15.9. The molecule has 0 aromatic heterocycles. The van der Waals surface area contributed by atoms with Gasteiger partial charge in [0.1, 0.15) is 0 Å². The SMILES string of the molecule is CC1=C(C)C(C)(C)[C]([Zr][c]2cccc3c2Cc2ccccc2-3)=C1C.CCCC. The molecule has 0 unspecified atom stereocenters. The van der Waals surface area contributed by atoms with E-state index in [0.717, 1.165) is 6.42 Å². The summed E-state index contributed by atoms with van der Waals surface area (Å²) >= 11 is -0.790. The number of hydrogen-bond donors (Lipinski definition) is 0. The van der Waals surface area contributed by atoms with E-state index in [-0.39, 0.29) is 5.41 Å². The summed E-state index contributed by atoms with van der Waals surface area (Å²) in [7, 11) is 0. The predicted octanol–water partition coefficient (Wildman–Crippen LogP) is 7.42. The molecule has 0 saturated carbocycles. The van der Waals surface area contributed by atoms with Gasteiger partial charge in [-0.2, -0.15) is 0 Å². The van der Waals surface area contributed by atoms with Crippen LogP contribution in [0.15, 0.2) is 62.5 Å². The van der Waals surface area contributed by atoms with Gasteiger partial charge in [0.2, 0.25) is 0 Å². The molecule has 0 fully saturated rings. The minimum atomic E-state index is -0.790. The predicted molar refractivity (Wildman–Crippen MR) is 120 cm³/mol. The molecular formula is C27H34Zr. The van der Waals surface area contributed by atoms with E-state index >= 15 is 0 Å². The molecule has 146 valence electrons. The van der Waals surface area contributed by atoms with Gasteiger partial charge in [0.25, 0.3) is 0 Å². The van der Waals surface area contributed by atoms with Crippen molar-refractivity contribution in [1.82, 2.24) is 0 Å². The molecule has 2 aromatic carbocycles. The molecule has 0 atom stereocenters. The van der Waals surface area contributed by atoms with Crippen LogP contribution in [0.2, 0.25) is 0 Å². The van der Waals surface area contributed by atoms with Crippen LogP contribution in [0.3, 0.4) is 0 Å². The van der Waals surface area contributed by atoms with E-state index in [9.17, 15) is 0 Å². The fraction of sp³-hybridized carbons (Fsp3) is 0.407. The Morgan fingerprint density at radius 2 is 1.46 bits per heavy atom. The van der Waals surface area contributed by atoms with Crippen LogP contribution in [0, 0.1) is 5.41 Å². The van der Waals surface area contributed by atoms with Gasteiger partial charge in [-0.3, -0.25) is 0 Å². The number of unbranched alkanes of at least 4 members (excludes halogenated alkanes) is 1. The number of benzene rings is 2. The Hall–Kier alpha value is -1.20. The first-order valence-corrected chi connectivity index (χ1v) is 13.2. The largest absolute Gasteiger partial charge is 0.0654 e. The Bertz CT molecular complexity index is 938. The Morgan fingerprint density at radius 1 is 0.821 bits per heavy atom. The Morgan fingerprint density at radius 3 is 2.07 bits per heavy atom. The minimum Gasteiger partial charge on any atom is -0.0654 e. The first-order chi connectivity index (χ1) is 13.3. The van der Waals surface area contributed by atoms with Crippen molar-refractivity contribution < 1.29 is 23.2 Å². The molecule has 0 N–H and O–H groups in total. The molecule has 28 heavy (non-hydrogen) atoms. The average molecular weight is 450 g/mol. The van der Waals surface area contributed by atoms with E-state index in [1.54, 1.807) is 23.3 Å². The molecule has 2 aliphatic carbocycles. The van der Waals surface area contributed by atoms with Crippen LogP contribution in [0.5, 0.6) is 0 Å². The van der Waals surface area contributed by atoms with Gasteiger partial charge in [0.05, 0.1) is 0 Å². The molecule has 2 aliphatic rings. The maximum atomic E-state index is 2.43. The second-order valence-electron chi connectivity index (χ2n) is 8.67. The van der Waals surface area contributed by atoms with Crippen LogP contribution in [-0.4, -0.2) is 0 Å². The van der Waals surface area contributed by atoms with Crippen molar-refractivity contribution in [2.24, 2.45) is 5.41 Å². The Labute approximate surface area is 183 Å². The molecule has 0 amide bonds. The normalized spacial score (nSPS) is 16.5. The van der Waals surface area contributed by atoms with Gasteiger partial charge in [-0.15, -0.1) is 0 Å². The molecule has 0 radical (unpaired) electrons. The Balaban J connectivity index is 0.000000516. The molecule has 0 saturated heterocycles. The van der Waals surface area contributed by atoms with Crippen molar-refractivity contribution in [3.05, 3.63) is 73.6 Å². The number of fused-ring (bicyclic) bond motifs is 3. The molecule has 0 spiro atoms. The van der Waals surface area contributed by atoms with E-state index in [1.807, 2.05) is 0 Å². The minimum absolute atomic E-state index is 0.258. The molecule has 2 aromatic rings. The van der Waals surface area contributed by atoms with Gasteiger partial charge in [0, 0.05) is 0 Å². The van der Waals surface area contributed by atoms with Crippen molar-refractivity contribution in [2.75, 3.05) is 0 Å². The quantitative estimate of drug-likeness (QED) is 0.390. The molecular weight excluding hydrogens is 416 g/mol. The Kier molecular flexibility index (Phi) is 6.66. The van der Waals surface area contributed by atoms with E-state index in [1.165, 1.54) is 35.1 Å². The van der Waals surface area contributed by atoms with Crippen LogP contribution < -0.4 is 3.27 Å². The first-order valence-electron chi connectivity index (χ1n) is 10.7. The third kappa shape index (κ3) is 3.80. The first kappa shape index (κ1) is 21.5. The summed E-state index contributed by atoms with van der Waals surface area (Å²) in [4.78, 5) is 0. The number of allylic oxidation sites excluding steroid dienone is 4. The van der Waals surface area contributed by atoms with Gasteiger partial charge >= 0.3 is 158 Å². The summed E-state index contributed by atoms with van der Waals surface area (Å²) in [5.74, 6) is 0. The molecule has 1 heteroatoms. The standard InChI is InChI=1S/C13H9.C10H15.C4H10.Zr/c1-3-7-12-10(5-1)9-11-6-2-4-8-13(11)12;1-7-6-10(4,5)9(3)8(7)2;1-3-4-2;/h1-5,7-8H,9H2;1-5H3;3-4H2,1-2H3;. The molecule has 4 rings (SSSR count). The van der Waals surface area contributed by atoms with E-state index in [0.29, 0.717) is 0 Å². The summed E-state index contributed by atoms with van der Waals surface area (Å²) < 4.78 is 3.45. The van der Waals surface area contributed by atoms with Gasteiger partial charge in [0.15, 0.2) is 0 Å². The van der Waals surface area contributed by atoms with Crippen molar-refractivity contribution in [3.63, 3.8) is 0 Å². The molecule has 0 nitrogen and oxygen atoms in total. The van der Waals surface area contributed by atoms with Crippen molar-refractivity contribution in [2.45, 2.75) is 67.7 Å². The van der Waals surface area contributed by atoms with Crippen molar-refractivity contribution in [1.29, 1.82) is 0 Å². The zero-order chi connectivity index (χ0) is 20.5. The third-order valence-electron chi connectivity index (χ3n) is 6.67. The number of rotatable bonds is 3. The molecule has 0 heterocycles. The van der Waals surface area contributed by atoms with Gasteiger partial charge in [-0.1, -0.05) is 26.7 Å². The molecule has 0 bridgehead atoms. The van der Waals surface area contributed by atoms with Crippen LogP contribution in [-0.2, 0) is 29.7 Å². The fourth-order valence-electron chi connectivity index (χ4n) is 4.25. The zero-order valence-corrected chi connectivity index (χ0v) is 21.1. The monoisotopic (exact) mass is 448 g/mol. The summed E-state index contributed by atoms with van der Waals surface area (Å²) in [6.45, 7) is 16.2. The second kappa shape index (κ2) is 8.66. The van der Waals surface area contributed by atoms with E-state index in [2.05, 4.69) is 90.9 Å². The van der Waals surface area contributed by atoms with E-state index in [4.69, 9.17) is 0 Å². The smallest absolute Gasteiger partial charge is 0.0564 e. The van der Waals surface area contributed by atoms with Crippen LogP contribution in [0.1, 0.15) is 72.4 Å². The second-order valence-corrected chi connectivity index (χ2v) is 11.8. The fourth-order valence-corrected chi connectivity index (χ4v) is 8.43. The van der Waals surface area contributed by atoms with Crippen molar-refractivity contribution in [3.8, 4) is 11.1 Å². The third-order valence-corrected chi connectivity index (χ3v) is 11.6. The van der Waals surface area contributed by atoms with Crippen LogP contribution in [0.4, 0.5) is 0 Å². The van der Waals surface area contributed by atoms with Crippen molar-refractivity contribution >= 4 is 3.27 Å². The summed E-state index contributed by atoms with van der Waals surface area (Å²) in [5.41, 5.74) is 11.0. The van der Waals surface area contributed by atoms with Gasteiger partial charge in [-0.25, -0.2) is 0 Å². The summed E-state index contributed by atoms with van der Waals surface area (Å²) in [6.07, 6.45) is 3.76.